The van der Waals surface area contributed by atoms with Gasteiger partial charge >= 0.3 is 6.18 Å². The minimum absolute atomic E-state index is 0.0340. The lowest BCUT2D eigenvalue weighted by Crippen LogP contribution is -2.42. The maximum Gasteiger partial charge on any atom is 0.416 e. The van der Waals surface area contributed by atoms with Gasteiger partial charge in [-0.15, -0.1) is 0 Å². The maximum atomic E-state index is 13.1. The molecule has 9 heteroatoms. The molecular formula is C28H23F3N4O2. The average Bonchev–Trinajstić information content (AvgIpc) is 2.91. The Labute approximate surface area is 212 Å². The van der Waals surface area contributed by atoms with E-state index < -0.39 is 23.1 Å². The molecule has 37 heavy (non-hydrogen) atoms. The van der Waals surface area contributed by atoms with Crippen molar-refractivity contribution < 1.29 is 22.6 Å². The van der Waals surface area contributed by atoms with Gasteiger partial charge in [-0.2, -0.15) is 29.0 Å². The van der Waals surface area contributed by atoms with Crippen LogP contribution in [0.2, 0.25) is 0 Å². The van der Waals surface area contributed by atoms with Gasteiger partial charge in [0, 0.05) is 11.5 Å². The first-order chi connectivity index (χ1) is 17.7. The summed E-state index contributed by atoms with van der Waals surface area (Å²) in [5.41, 5.74) is 5.76. The number of halogens is 3. The number of methoxy groups -OCH3 is 1. The molecule has 0 aliphatic heterocycles. The largest absolute Gasteiger partial charge is 0.496 e. The summed E-state index contributed by atoms with van der Waals surface area (Å²) in [6, 6.07) is 16.0. The molecule has 2 aromatic carbocycles. The quantitative estimate of drug-likeness (QED) is 0.543. The van der Waals surface area contributed by atoms with Crippen molar-refractivity contribution in [3.63, 3.8) is 0 Å². The van der Waals surface area contributed by atoms with Crippen molar-refractivity contribution in [2.75, 3.05) is 7.11 Å². The molecule has 2 aliphatic carbocycles. The number of hydrogen-bond donors (Lipinski definition) is 1. The molecule has 188 valence electrons. The summed E-state index contributed by atoms with van der Waals surface area (Å²) >= 11 is 0. The molecule has 0 spiro atoms. The molecular weight excluding hydrogens is 481 g/mol. The summed E-state index contributed by atoms with van der Waals surface area (Å²) < 4.78 is 50.4. The molecule has 6 nitrogen and oxygen atoms in total. The highest BCUT2D eigenvalue weighted by atomic mass is 19.4. The molecule has 0 unspecified atom stereocenters. The number of nitrogens with two attached hydrogens (primary N) is 1. The molecule has 4 rings (SSSR count). The van der Waals surface area contributed by atoms with Crippen LogP contribution in [0, 0.1) is 45.3 Å². The third kappa shape index (κ3) is 4.47. The van der Waals surface area contributed by atoms with Crippen molar-refractivity contribution >= 4 is 0 Å². The number of alkyl halides is 3. The van der Waals surface area contributed by atoms with E-state index in [9.17, 15) is 29.0 Å². The molecule has 0 saturated heterocycles. The van der Waals surface area contributed by atoms with Crippen LogP contribution in [0.5, 0.6) is 11.5 Å². The first-order valence-electron chi connectivity index (χ1n) is 11.6. The molecule has 2 aliphatic rings. The zero-order valence-corrected chi connectivity index (χ0v) is 20.0. The minimum atomic E-state index is -4.50. The molecule has 0 radical (unpaired) electrons. The lowest BCUT2D eigenvalue weighted by molar-refractivity contribution is -0.137. The van der Waals surface area contributed by atoms with Crippen LogP contribution in [0.25, 0.3) is 0 Å². The Hall–Kier alpha value is -4.42. The highest BCUT2D eigenvalue weighted by molar-refractivity contribution is 5.59. The number of nitriles is 3. The van der Waals surface area contributed by atoms with Crippen LogP contribution < -0.4 is 15.2 Å². The van der Waals surface area contributed by atoms with E-state index in [0.29, 0.717) is 23.3 Å². The van der Waals surface area contributed by atoms with Gasteiger partial charge in [0.05, 0.1) is 36.1 Å². The van der Waals surface area contributed by atoms with Gasteiger partial charge in [0.2, 0.25) is 0 Å². The van der Waals surface area contributed by atoms with Crippen molar-refractivity contribution in [2.24, 2.45) is 17.1 Å². The SMILES string of the molecule is COc1ccc([C@H]2[C@H]3CCCC=C3C(C#N)=C(N)C2(C#N)C#N)cc1COc1cccc(C(F)(F)F)c1. The van der Waals surface area contributed by atoms with Crippen LogP contribution in [-0.2, 0) is 12.8 Å². The van der Waals surface area contributed by atoms with Crippen LogP contribution in [-0.4, -0.2) is 7.11 Å². The lowest BCUT2D eigenvalue weighted by Gasteiger charge is -2.43. The number of fused-ring (bicyclic) bond motifs is 1. The molecule has 2 atom stereocenters. The van der Waals surface area contributed by atoms with E-state index in [0.717, 1.165) is 30.5 Å². The van der Waals surface area contributed by atoms with Crippen LogP contribution in [0.3, 0.4) is 0 Å². The first kappa shape index (κ1) is 25.7. The van der Waals surface area contributed by atoms with Crippen LogP contribution in [0.4, 0.5) is 13.2 Å². The van der Waals surface area contributed by atoms with Crippen molar-refractivity contribution in [3.8, 4) is 29.7 Å². The molecule has 2 N–H and O–H groups in total. The van der Waals surface area contributed by atoms with Crippen molar-refractivity contribution in [3.05, 3.63) is 82.1 Å². The Morgan fingerprint density at radius 2 is 1.86 bits per heavy atom. The van der Waals surface area contributed by atoms with Crippen LogP contribution in [0.15, 0.2) is 65.4 Å². The fourth-order valence-electron chi connectivity index (χ4n) is 5.28. The van der Waals surface area contributed by atoms with Crippen molar-refractivity contribution in [2.45, 2.75) is 38.0 Å². The van der Waals surface area contributed by atoms with E-state index in [1.807, 2.05) is 6.08 Å². The van der Waals surface area contributed by atoms with Crippen LogP contribution in [0.1, 0.15) is 41.9 Å². The van der Waals surface area contributed by atoms with E-state index >= 15 is 0 Å². The van der Waals surface area contributed by atoms with E-state index in [4.69, 9.17) is 15.2 Å². The zero-order valence-electron chi connectivity index (χ0n) is 20.0. The lowest BCUT2D eigenvalue weighted by atomic mass is 9.56. The number of ether oxygens (including phenoxy) is 2. The molecule has 0 aromatic heterocycles. The normalized spacial score (nSPS) is 20.5. The predicted octanol–water partition coefficient (Wildman–Crippen LogP) is 5.89. The summed E-state index contributed by atoms with van der Waals surface area (Å²) in [5, 5.41) is 30.2. The summed E-state index contributed by atoms with van der Waals surface area (Å²) in [7, 11) is 1.46. The molecule has 0 bridgehead atoms. The Morgan fingerprint density at radius 1 is 1.11 bits per heavy atom. The summed E-state index contributed by atoms with van der Waals surface area (Å²) in [5.74, 6) is -0.469. The smallest absolute Gasteiger partial charge is 0.416 e. The van der Waals surface area contributed by atoms with Gasteiger partial charge in [-0.3, -0.25) is 0 Å². The van der Waals surface area contributed by atoms with Gasteiger partial charge < -0.3 is 15.2 Å². The van der Waals surface area contributed by atoms with E-state index in [2.05, 4.69) is 18.2 Å². The highest BCUT2D eigenvalue weighted by Crippen LogP contribution is 2.56. The van der Waals surface area contributed by atoms with E-state index in [1.165, 1.54) is 19.2 Å². The second-order valence-corrected chi connectivity index (χ2v) is 8.99. The van der Waals surface area contributed by atoms with Gasteiger partial charge in [-0.25, -0.2) is 0 Å². The summed E-state index contributed by atoms with van der Waals surface area (Å²) in [4.78, 5) is 0. The summed E-state index contributed by atoms with van der Waals surface area (Å²) in [6.07, 6.45) is -0.287. The van der Waals surface area contributed by atoms with E-state index in [1.54, 1.807) is 18.2 Å². The Balaban J connectivity index is 1.77. The van der Waals surface area contributed by atoms with E-state index in [-0.39, 0.29) is 29.5 Å². The van der Waals surface area contributed by atoms with Gasteiger partial charge in [0.15, 0.2) is 5.41 Å². The Morgan fingerprint density at radius 3 is 2.51 bits per heavy atom. The Kier molecular flexibility index (Phi) is 6.88. The second-order valence-electron chi connectivity index (χ2n) is 8.99. The summed E-state index contributed by atoms with van der Waals surface area (Å²) in [6.45, 7) is -0.112. The first-order valence-corrected chi connectivity index (χ1v) is 11.6. The number of benzene rings is 2. The zero-order chi connectivity index (χ0) is 26.8. The molecule has 0 fully saturated rings. The number of hydrogen-bond acceptors (Lipinski definition) is 6. The van der Waals surface area contributed by atoms with Gasteiger partial charge in [0.25, 0.3) is 0 Å². The second kappa shape index (κ2) is 9.91. The third-order valence-corrected chi connectivity index (χ3v) is 7.02. The molecule has 0 saturated carbocycles. The Bertz CT molecular complexity index is 1390. The molecule has 0 heterocycles. The van der Waals surface area contributed by atoms with Gasteiger partial charge in [-0.05, 0) is 66.6 Å². The average molecular weight is 505 g/mol. The maximum absolute atomic E-state index is 13.1. The fraction of sp³-hybridized carbons (Fsp3) is 0.321. The highest BCUT2D eigenvalue weighted by Gasteiger charge is 2.53. The van der Waals surface area contributed by atoms with Crippen molar-refractivity contribution in [1.82, 2.24) is 0 Å². The number of rotatable bonds is 5. The van der Waals surface area contributed by atoms with Gasteiger partial charge in [-0.1, -0.05) is 18.2 Å². The number of nitrogens with zero attached hydrogens (tertiary/aromatic N) is 3. The molecule has 2 aromatic rings. The van der Waals surface area contributed by atoms with Crippen molar-refractivity contribution in [1.29, 1.82) is 15.8 Å². The monoisotopic (exact) mass is 504 g/mol. The number of allylic oxidation sites excluding steroid dienone is 4. The standard InChI is InChI=1S/C28H23F3N4O2/c1-36-24-10-9-17(11-18(24)14-37-20-6-4-5-19(12-20)28(29,30)31)25-22-8-3-2-7-21(22)23(13-32)26(35)27(25,15-33)16-34/h4-7,9-12,22,25H,2-3,8,14,35H2,1H3/t22-,25-/m0/s1. The fourth-order valence-corrected chi connectivity index (χ4v) is 5.28. The van der Waals surface area contributed by atoms with Crippen LogP contribution >= 0.6 is 0 Å². The predicted molar refractivity (Wildman–Crippen MR) is 127 cm³/mol. The molecule has 0 amide bonds. The third-order valence-electron chi connectivity index (χ3n) is 7.02. The minimum Gasteiger partial charge on any atom is -0.496 e. The van der Waals surface area contributed by atoms with Gasteiger partial charge in [0.1, 0.15) is 24.2 Å². The topological polar surface area (TPSA) is 116 Å².